The summed E-state index contributed by atoms with van der Waals surface area (Å²) in [6, 6.07) is 10.8. The molecule has 2 aromatic rings. The minimum atomic E-state index is 0.112. The summed E-state index contributed by atoms with van der Waals surface area (Å²) in [4.78, 5) is 17.4. The number of nitrogens with two attached hydrogens (primary N) is 1. The molecule has 1 fully saturated rings. The molecule has 2 heterocycles. The van der Waals surface area contributed by atoms with Crippen molar-refractivity contribution in [2.75, 3.05) is 43.6 Å². The molecule has 1 aliphatic rings. The first-order valence-electron chi connectivity index (χ1n) is 8.14. The van der Waals surface area contributed by atoms with Crippen molar-refractivity contribution in [3.63, 3.8) is 0 Å². The van der Waals surface area contributed by atoms with Gasteiger partial charge in [0.05, 0.1) is 6.04 Å². The van der Waals surface area contributed by atoms with Gasteiger partial charge in [-0.25, -0.2) is 0 Å². The Morgan fingerprint density at radius 3 is 2.67 bits per heavy atom. The van der Waals surface area contributed by atoms with Crippen molar-refractivity contribution in [2.45, 2.75) is 18.2 Å². The Bertz CT molecular complexity index is 678. The fourth-order valence-corrected chi connectivity index (χ4v) is 4.11. The van der Waals surface area contributed by atoms with Gasteiger partial charge in [0.25, 0.3) is 0 Å². The lowest BCUT2D eigenvalue weighted by molar-refractivity contribution is 0.210. The van der Waals surface area contributed by atoms with Crippen molar-refractivity contribution < 1.29 is 0 Å². The average molecular weight is 344 g/mol. The van der Waals surface area contributed by atoms with Crippen molar-refractivity contribution in [3.8, 4) is 0 Å². The number of benzene rings is 1. The van der Waals surface area contributed by atoms with E-state index in [4.69, 9.17) is 5.73 Å². The monoisotopic (exact) mass is 344 g/mol. The molecular formula is C17H24N6S. The number of hydrogen-bond donors (Lipinski definition) is 1. The standard InChI is InChI=1S/C17H24N6S/c1-12(15-19-16(18)21-17(20-15)22(2)3)23-9-10-24-14(11-23)13-7-5-4-6-8-13/h4-8,12,14H,9-11H2,1-3H3,(H2,18,19,20,21)/t12-,14+/m0/s1. The Kier molecular flexibility index (Phi) is 5.20. The van der Waals surface area contributed by atoms with E-state index in [9.17, 15) is 0 Å². The SMILES string of the molecule is C[C@@H](c1nc(N)nc(N(C)C)n1)N1CCS[C@@H](c2ccccc2)C1. The molecule has 0 bridgehead atoms. The van der Waals surface area contributed by atoms with Crippen molar-refractivity contribution in [1.29, 1.82) is 0 Å². The second-order valence-electron chi connectivity index (χ2n) is 6.19. The molecule has 0 saturated carbocycles. The molecular weight excluding hydrogens is 320 g/mol. The van der Waals surface area contributed by atoms with E-state index in [2.05, 4.69) is 57.1 Å². The third kappa shape index (κ3) is 3.79. The maximum absolute atomic E-state index is 5.87. The highest BCUT2D eigenvalue weighted by Gasteiger charge is 2.27. The van der Waals surface area contributed by atoms with Crippen LogP contribution >= 0.6 is 11.8 Å². The second-order valence-corrected chi connectivity index (χ2v) is 7.50. The zero-order valence-corrected chi connectivity index (χ0v) is 15.2. The smallest absolute Gasteiger partial charge is 0.229 e. The van der Waals surface area contributed by atoms with Crippen LogP contribution in [0, 0.1) is 0 Å². The molecule has 24 heavy (non-hydrogen) atoms. The van der Waals surface area contributed by atoms with Crippen molar-refractivity contribution in [1.82, 2.24) is 19.9 Å². The van der Waals surface area contributed by atoms with E-state index in [1.54, 1.807) is 0 Å². The summed E-state index contributed by atoms with van der Waals surface area (Å²) in [5, 5.41) is 0.481. The molecule has 1 aliphatic heterocycles. The van der Waals surface area contributed by atoms with Gasteiger partial charge in [-0.15, -0.1) is 0 Å². The van der Waals surface area contributed by atoms with Crippen LogP contribution < -0.4 is 10.6 Å². The molecule has 1 saturated heterocycles. The number of aromatic nitrogens is 3. The van der Waals surface area contributed by atoms with Gasteiger partial charge in [-0.1, -0.05) is 30.3 Å². The number of thioether (sulfide) groups is 1. The van der Waals surface area contributed by atoms with Crippen LogP contribution in [0.25, 0.3) is 0 Å². The highest BCUT2D eigenvalue weighted by molar-refractivity contribution is 7.99. The summed E-state index contributed by atoms with van der Waals surface area (Å²) >= 11 is 2.02. The van der Waals surface area contributed by atoms with Crippen LogP contribution in [-0.2, 0) is 0 Å². The van der Waals surface area contributed by atoms with Crippen LogP contribution in [-0.4, -0.2) is 52.8 Å². The molecule has 0 radical (unpaired) electrons. The van der Waals surface area contributed by atoms with Gasteiger partial charge in [0.1, 0.15) is 0 Å². The molecule has 2 N–H and O–H groups in total. The lowest BCUT2D eigenvalue weighted by atomic mass is 10.1. The van der Waals surface area contributed by atoms with E-state index >= 15 is 0 Å². The summed E-state index contributed by atoms with van der Waals surface area (Å²) in [6.45, 7) is 4.16. The quantitative estimate of drug-likeness (QED) is 0.913. The summed E-state index contributed by atoms with van der Waals surface area (Å²) in [5.41, 5.74) is 7.25. The predicted octanol–water partition coefficient (Wildman–Crippen LogP) is 2.37. The first kappa shape index (κ1) is 17.0. The molecule has 7 heteroatoms. The van der Waals surface area contributed by atoms with Gasteiger partial charge >= 0.3 is 0 Å². The van der Waals surface area contributed by atoms with Crippen LogP contribution in [0.5, 0.6) is 0 Å². The third-order valence-corrected chi connectivity index (χ3v) is 5.49. The molecule has 0 unspecified atom stereocenters. The van der Waals surface area contributed by atoms with Crippen LogP contribution in [0.15, 0.2) is 30.3 Å². The Labute approximate surface area is 147 Å². The van der Waals surface area contributed by atoms with E-state index in [1.165, 1.54) is 5.56 Å². The molecule has 0 spiro atoms. The molecule has 1 aromatic carbocycles. The Morgan fingerprint density at radius 2 is 1.96 bits per heavy atom. The fraction of sp³-hybridized carbons (Fsp3) is 0.471. The third-order valence-electron chi connectivity index (χ3n) is 4.25. The van der Waals surface area contributed by atoms with Crippen molar-refractivity contribution >= 4 is 23.7 Å². The molecule has 0 aliphatic carbocycles. The summed E-state index contributed by atoms with van der Waals surface area (Å²) in [6.07, 6.45) is 0. The van der Waals surface area contributed by atoms with Gasteiger partial charge < -0.3 is 10.6 Å². The van der Waals surface area contributed by atoms with E-state index in [-0.39, 0.29) is 12.0 Å². The van der Waals surface area contributed by atoms with Gasteiger partial charge in [0, 0.05) is 38.2 Å². The predicted molar refractivity (Wildman–Crippen MR) is 100 cm³/mol. The van der Waals surface area contributed by atoms with Gasteiger partial charge in [-0.3, -0.25) is 4.90 Å². The summed E-state index contributed by atoms with van der Waals surface area (Å²) < 4.78 is 0. The maximum atomic E-state index is 5.87. The Morgan fingerprint density at radius 1 is 1.21 bits per heavy atom. The first-order chi connectivity index (χ1) is 11.5. The first-order valence-corrected chi connectivity index (χ1v) is 9.19. The van der Waals surface area contributed by atoms with Crippen LogP contribution in [0.3, 0.4) is 0 Å². The number of hydrogen-bond acceptors (Lipinski definition) is 7. The van der Waals surface area contributed by atoms with Crippen molar-refractivity contribution in [3.05, 3.63) is 41.7 Å². The second kappa shape index (κ2) is 7.36. The van der Waals surface area contributed by atoms with Gasteiger partial charge in [-0.2, -0.15) is 26.7 Å². The lowest BCUT2D eigenvalue weighted by Crippen LogP contribution is -2.37. The number of rotatable bonds is 4. The Hall–Kier alpha value is -1.86. The lowest BCUT2D eigenvalue weighted by Gasteiger charge is -2.36. The van der Waals surface area contributed by atoms with Crippen LogP contribution in [0.4, 0.5) is 11.9 Å². The zero-order chi connectivity index (χ0) is 17.1. The van der Waals surface area contributed by atoms with Gasteiger partial charge in [-0.05, 0) is 12.5 Å². The largest absolute Gasteiger partial charge is 0.368 e. The highest BCUT2D eigenvalue weighted by Crippen LogP contribution is 2.35. The van der Waals surface area contributed by atoms with Gasteiger partial charge in [0.15, 0.2) is 5.82 Å². The molecule has 6 nitrogen and oxygen atoms in total. The van der Waals surface area contributed by atoms with Crippen molar-refractivity contribution in [2.24, 2.45) is 0 Å². The molecule has 0 amide bonds. The normalized spacial score (nSPS) is 19.9. The maximum Gasteiger partial charge on any atom is 0.229 e. The average Bonchev–Trinajstić information content (AvgIpc) is 2.61. The van der Waals surface area contributed by atoms with E-state index in [0.717, 1.165) is 24.7 Å². The molecule has 2 atom stereocenters. The van der Waals surface area contributed by atoms with Gasteiger partial charge in [0.2, 0.25) is 11.9 Å². The minimum Gasteiger partial charge on any atom is -0.368 e. The zero-order valence-electron chi connectivity index (χ0n) is 14.4. The molecule has 1 aromatic heterocycles. The van der Waals surface area contributed by atoms with E-state index in [0.29, 0.717) is 11.2 Å². The molecule has 128 valence electrons. The fourth-order valence-electron chi connectivity index (χ4n) is 2.84. The number of anilines is 2. The van der Waals surface area contributed by atoms with Crippen LogP contribution in [0.2, 0.25) is 0 Å². The van der Waals surface area contributed by atoms with E-state index < -0.39 is 0 Å². The number of nitrogen functional groups attached to an aromatic ring is 1. The van der Waals surface area contributed by atoms with Crippen LogP contribution in [0.1, 0.15) is 29.6 Å². The summed E-state index contributed by atoms with van der Waals surface area (Å²) in [7, 11) is 3.82. The minimum absolute atomic E-state index is 0.112. The Balaban J connectivity index is 1.78. The molecule has 3 rings (SSSR count). The van der Waals surface area contributed by atoms with E-state index in [1.807, 2.05) is 30.8 Å². The summed E-state index contributed by atoms with van der Waals surface area (Å²) in [5.74, 6) is 2.73. The topological polar surface area (TPSA) is 71.2 Å². The highest BCUT2D eigenvalue weighted by atomic mass is 32.2. The number of nitrogens with zero attached hydrogens (tertiary/aromatic N) is 5.